The second-order valence-electron chi connectivity index (χ2n) is 3.55. The van der Waals surface area contributed by atoms with Crippen LogP contribution in [0.5, 0.6) is 0 Å². The summed E-state index contributed by atoms with van der Waals surface area (Å²) in [5.41, 5.74) is 1.28. The van der Waals surface area contributed by atoms with Gasteiger partial charge < -0.3 is 10.1 Å². The summed E-state index contributed by atoms with van der Waals surface area (Å²) in [6.45, 7) is 9.33. The highest BCUT2D eigenvalue weighted by Gasteiger charge is 2.19. The topological polar surface area (TPSA) is 21.3 Å². The third-order valence-corrected chi connectivity index (χ3v) is 1.86. The molecule has 0 saturated heterocycles. The molecule has 1 rings (SSSR count). The van der Waals surface area contributed by atoms with Gasteiger partial charge in [-0.3, -0.25) is 0 Å². The zero-order chi connectivity index (χ0) is 8.43. The minimum Gasteiger partial charge on any atom is -0.476 e. The van der Waals surface area contributed by atoms with E-state index in [4.69, 9.17) is 4.74 Å². The zero-order valence-corrected chi connectivity index (χ0v) is 7.77. The van der Waals surface area contributed by atoms with Gasteiger partial charge in [-0.1, -0.05) is 27.7 Å². The second kappa shape index (κ2) is 3.16. The Morgan fingerprint density at radius 1 is 1.18 bits per heavy atom. The molecule has 0 saturated carbocycles. The van der Waals surface area contributed by atoms with Crippen molar-refractivity contribution in [2.75, 3.05) is 6.73 Å². The molecule has 0 fully saturated rings. The van der Waals surface area contributed by atoms with Gasteiger partial charge in [-0.15, -0.1) is 0 Å². The first-order valence-electron chi connectivity index (χ1n) is 4.23. The Morgan fingerprint density at radius 2 is 1.82 bits per heavy atom. The molecule has 1 heterocycles. The summed E-state index contributed by atoms with van der Waals surface area (Å²) in [7, 11) is 0. The van der Waals surface area contributed by atoms with Crippen LogP contribution in [0.4, 0.5) is 0 Å². The standard InChI is InChI=1S/C9H17NO/c1-6(2)8-9(7(3)4)11-5-10-8/h6-7,10H,5H2,1-4H3. The van der Waals surface area contributed by atoms with Crippen molar-refractivity contribution in [1.29, 1.82) is 0 Å². The highest BCUT2D eigenvalue weighted by molar-refractivity contribution is 5.13. The van der Waals surface area contributed by atoms with Gasteiger partial charge in [0, 0.05) is 5.92 Å². The second-order valence-corrected chi connectivity index (χ2v) is 3.55. The van der Waals surface area contributed by atoms with E-state index in [1.807, 2.05) is 0 Å². The van der Waals surface area contributed by atoms with E-state index in [0.29, 0.717) is 18.6 Å². The summed E-state index contributed by atoms with van der Waals surface area (Å²) in [6, 6.07) is 0. The lowest BCUT2D eigenvalue weighted by atomic mass is 10.0. The number of ether oxygens (including phenoxy) is 1. The number of hydrogen-bond donors (Lipinski definition) is 1. The van der Waals surface area contributed by atoms with Gasteiger partial charge in [0.1, 0.15) is 5.76 Å². The molecule has 0 unspecified atom stereocenters. The van der Waals surface area contributed by atoms with Crippen LogP contribution in [0, 0.1) is 11.8 Å². The molecule has 0 amide bonds. The maximum absolute atomic E-state index is 5.46. The Morgan fingerprint density at radius 3 is 2.18 bits per heavy atom. The van der Waals surface area contributed by atoms with Gasteiger partial charge >= 0.3 is 0 Å². The van der Waals surface area contributed by atoms with Gasteiger partial charge in [-0.25, -0.2) is 0 Å². The van der Waals surface area contributed by atoms with Crippen molar-refractivity contribution in [3.63, 3.8) is 0 Å². The minimum absolute atomic E-state index is 0.502. The van der Waals surface area contributed by atoms with E-state index in [0.717, 1.165) is 5.76 Å². The highest BCUT2D eigenvalue weighted by atomic mass is 16.5. The van der Waals surface area contributed by atoms with Gasteiger partial charge in [0.15, 0.2) is 6.73 Å². The fraction of sp³-hybridized carbons (Fsp3) is 0.778. The molecule has 11 heavy (non-hydrogen) atoms. The predicted octanol–water partition coefficient (Wildman–Crippen LogP) is 2.09. The maximum atomic E-state index is 5.46. The Hall–Kier alpha value is -0.660. The van der Waals surface area contributed by atoms with Crippen LogP contribution in [-0.4, -0.2) is 6.73 Å². The van der Waals surface area contributed by atoms with Crippen molar-refractivity contribution >= 4 is 0 Å². The molecular formula is C9H17NO. The molecule has 0 radical (unpaired) electrons. The fourth-order valence-corrected chi connectivity index (χ4v) is 1.32. The predicted molar refractivity (Wildman–Crippen MR) is 45.8 cm³/mol. The van der Waals surface area contributed by atoms with Gasteiger partial charge in [-0.05, 0) is 5.92 Å². The van der Waals surface area contributed by atoms with E-state index in [9.17, 15) is 0 Å². The van der Waals surface area contributed by atoms with Crippen LogP contribution in [0.2, 0.25) is 0 Å². The number of hydrogen-bond acceptors (Lipinski definition) is 2. The fourth-order valence-electron chi connectivity index (χ4n) is 1.32. The summed E-state index contributed by atoms with van der Waals surface area (Å²) in [4.78, 5) is 0. The molecule has 1 aliphatic heterocycles. The molecular weight excluding hydrogens is 138 g/mol. The van der Waals surface area contributed by atoms with Crippen LogP contribution in [0.25, 0.3) is 0 Å². The number of nitrogens with one attached hydrogen (secondary N) is 1. The van der Waals surface area contributed by atoms with E-state index < -0.39 is 0 Å². The first kappa shape index (κ1) is 8.44. The highest BCUT2D eigenvalue weighted by Crippen LogP contribution is 2.23. The van der Waals surface area contributed by atoms with E-state index in [1.165, 1.54) is 5.70 Å². The molecule has 2 heteroatoms. The SMILES string of the molecule is CC(C)C1=C(C(C)C)OCN1. The first-order chi connectivity index (χ1) is 5.13. The largest absolute Gasteiger partial charge is 0.476 e. The lowest BCUT2D eigenvalue weighted by Crippen LogP contribution is -2.12. The van der Waals surface area contributed by atoms with Crippen molar-refractivity contribution in [2.45, 2.75) is 27.7 Å². The monoisotopic (exact) mass is 155 g/mol. The third-order valence-electron chi connectivity index (χ3n) is 1.86. The molecule has 64 valence electrons. The molecule has 0 spiro atoms. The lowest BCUT2D eigenvalue weighted by Gasteiger charge is -2.10. The normalized spacial score (nSPS) is 17.6. The summed E-state index contributed by atoms with van der Waals surface area (Å²) in [6.07, 6.45) is 0. The molecule has 0 atom stereocenters. The first-order valence-corrected chi connectivity index (χ1v) is 4.23. The summed E-state index contributed by atoms with van der Waals surface area (Å²) >= 11 is 0. The van der Waals surface area contributed by atoms with Gasteiger partial charge in [0.05, 0.1) is 5.70 Å². The third kappa shape index (κ3) is 1.67. The summed E-state index contributed by atoms with van der Waals surface area (Å²) < 4.78 is 5.46. The average Bonchev–Trinajstić information content (AvgIpc) is 2.32. The van der Waals surface area contributed by atoms with Crippen LogP contribution in [-0.2, 0) is 4.74 Å². The smallest absolute Gasteiger partial charge is 0.158 e. The van der Waals surface area contributed by atoms with Crippen molar-refractivity contribution in [1.82, 2.24) is 5.32 Å². The Labute approximate surface area is 68.6 Å². The van der Waals surface area contributed by atoms with Crippen molar-refractivity contribution in [3.8, 4) is 0 Å². The molecule has 0 bridgehead atoms. The molecule has 2 nitrogen and oxygen atoms in total. The van der Waals surface area contributed by atoms with Gasteiger partial charge in [0.2, 0.25) is 0 Å². The van der Waals surface area contributed by atoms with Crippen LogP contribution >= 0.6 is 0 Å². The van der Waals surface area contributed by atoms with Crippen LogP contribution in [0.3, 0.4) is 0 Å². The van der Waals surface area contributed by atoms with Crippen LogP contribution < -0.4 is 5.32 Å². The van der Waals surface area contributed by atoms with Crippen molar-refractivity contribution in [2.24, 2.45) is 11.8 Å². The molecule has 0 aliphatic carbocycles. The molecule has 1 N–H and O–H groups in total. The quantitative estimate of drug-likeness (QED) is 0.659. The minimum atomic E-state index is 0.502. The van der Waals surface area contributed by atoms with Gasteiger partial charge in [-0.2, -0.15) is 0 Å². The summed E-state index contributed by atoms with van der Waals surface area (Å²) in [5, 5.41) is 3.24. The van der Waals surface area contributed by atoms with Crippen LogP contribution in [0.15, 0.2) is 11.5 Å². The molecule has 0 aromatic carbocycles. The van der Waals surface area contributed by atoms with Crippen LogP contribution in [0.1, 0.15) is 27.7 Å². The van der Waals surface area contributed by atoms with E-state index in [1.54, 1.807) is 0 Å². The van der Waals surface area contributed by atoms with E-state index in [-0.39, 0.29) is 0 Å². The number of rotatable bonds is 2. The molecule has 1 aliphatic rings. The zero-order valence-electron chi connectivity index (χ0n) is 7.77. The Balaban J connectivity index is 2.77. The Kier molecular flexibility index (Phi) is 2.42. The molecule has 0 aromatic heterocycles. The summed E-state index contributed by atoms with van der Waals surface area (Å²) in [5.74, 6) is 2.19. The van der Waals surface area contributed by atoms with Crippen molar-refractivity contribution in [3.05, 3.63) is 11.5 Å². The average molecular weight is 155 g/mol. The lowest BCUT2D eigenvalue weighted by molar-refractivity contribution is 0.206. The van der Waals surface area contributed by atoms with E-state index >= 15 is 0 Å². The number of allylic oxidation sites excluding steroid dienone is 2. The van der Waals surface area contributed by atoms with Gasteiger partial charge in [0.25, 0.3) is 0 Å². The van der Waals surface area contributed by atoms with E-state index in [2.05, 4.69) is 33.0 Å². The molecule has 0 aromatic rings. The Bertz CT molecular complexity index is 152. The van der Waals surface area contributed by atoms with Crippen molar-refractivity contribution < 1.29 is 4.74 Å². The maximum Gasteiger partial charge on any atom is 0.158 e.